The third-order valence-electron chi connectivity index (χ3n) is 3.76. The third-order valence-corrected chi connectivity index (χ3v) is 6.47. The number of aliphatic imine (C=N–C) groups is 1. The van der Waals surface area contributed by atoms with Gasteiger partial charge >= 0.3 is 0 Å². The number of rotatable bonds is 4. The number of likely N-dealkylation sites (N-methyl/N-ethyl adjacent to an activating group) is 1. The summed E-state index contributed by atoms with van der Waals surface area (Å²) in [5.41, 5.74) is 2.10. The van der Waals surface area contributed by atoms with Gasteiger partial charge in [0.1, 0.15) is 12.4 Å². The fourth-order valence-electron chi connectivity index (χ4n) is 2.37. The van der Waals surface area contributed by atoms with Gasteiger partial charge in [-0.25, -0.2) is 0 Å². The topological polar surface area (TPSA) is 41.9 Å². The van der Waals surface area contributed by atoms with E-state index in [0.29, 0.717) is 16.7 Å². The number of hydrogen-bond acceptors (Lipinski definition) is 4. The van der Waals surface area contributed by atoms with Crippen molar-refractivity contribution >= 4 is 74.1 Å². The minimum atomic E-state index is -0.0235. The standard InChI is InChI=1S/C19H16I2N2O2S/c1-22-19-23(2)18(24)17(26-19)10-13-5-8-16(15(21)9-13)25-11-12-3-6-14(20)7-4-12/h3-10H,11H2,1-2H3/b17-10+,22-19?. The predicted octanol–water partition coefficient (Wildman–Crippen LogP) is 5.01. The van der Waals surface area contributed by atoms with E-state index in [1.807, 2.05) is 24.3 Å². The van der Waals surface area contributed by atoms with Crippen LogP contribution in [0.1, 0.15) is 11.1 Å². The van der Waals surface area contributed by atoms with Crippen LogP contribution in [0, 0.1) is 7.14 Å². The van der Waals surface area contributed by atoms with Crippen molar-refractivity contribution < 1.29 is 9.53 Å². The minimum Gasteiger partial charge on any atom is -0.488 e. The van der Waals surface area contributed by atoms with E-state index in [9.17, 15) is 4.79 Å². The van der Waals surface area contributed by atoms with Gasteiger partial charge in [-0.15, -0.1) is 0 Å². The molecule has 0 unspecified atom stereocenters. The summed E-state index contributed by atoms with van der Waals surface area (Å²) >= 11 is 5.94. The number of hydrogen-bond donors (Lipinski definition) is 0. The van der Waals surface area contributed by atoms with Crippen LogP contribution in [0.25, 0.3) is 6.08 Å². The molecule has 1 aliphatic heterocycles. The SMILES string of the molecule is CN=C1S/C(=C/c2ccc(OCc3ccc(I)cc3)c(I)c2)C(=O)N1C. The van der Waals surface area contributed by atoms with Crippen LogP contribution in [0.2, 0.25) is 0 Å². The second-order valence-electron chi connectivity index (χ2n) is 5.59. The van der Waals surface area contributed by atoms with Crippen LogP contribution in [0.3, 0.4) is 0 Å². The van der Waals surface area contributed by atoms with Crippen molar-refractivity contribution in [2.24, 2.45) is 4.99 Å². The smallest absolute Gasteiger partial charge is 0.266 e. The van der Waals surface area contributed by atoms with E-state index in [-0.39, 0.29) is 5.91 Å². The summed E-state index contributed by atoms with van der Waals surface area (Å²) in [6.07, 6.45) is 1.90. The molecule has 26 heavy (non-hydrogen) atoms. The highest BCUT2D eigenvalue weighted by Crippen LogP contribution is 2.32. The number of halogens is 2. The Morgan fingerprint density at radius 1 is 1.19 bits per heavy atom. The van der Waals surface area contributed by atoms with Crippen molar-refractivity contribution in [3.63, 3.8) is 0 Å². The van der Waals surface area contributed by atoms with E-state index in [4.69, 9.17) is 4.74 Å². The maximum Gasteiger partial charge on any atom is 0.266 e. The van der Waals surface area contributed by atoms with E-state index in [1.165, 1.54) is 15.3 Å². The number of amides is 1. The van der Waals surface area contributed by atoms with E-state index < -0.39 is 0 Å². The first-order valence-electron chi connectivity index (χ1n) is 7.79. The lowest BCUT2D eigenvalue weighted by Crippen LogP contribution is -2.23. The molecule has 0 spiro atoms. The summed E-state index contributed by atoms with van der Waals surface area (Å²) in [6, 6.07) is 14.2. The van der Waals surface area contributed by atoms with Gasteiger partial charge in [0.05, 0.1) is 8.48 Å². The molecule has 134 valence electrons. The average Bonchev–Trinajstić information content (AvgIpc) is 2.90. The van der Waals surface area contributed by atoms with E-state index in [2.05, 4.69) is 74.4 Å². The summed E-state index contributed by atoms with van der Waals surface area (Å²) in [7, 11) is 3.43. The Labute approximate surface area is 184 Å². The van der Waals surface area contributed by atoms with Crippen LogP contribution in [-0.2, 0) is 11.4 Å². The van der Waals surface area contributed by atoms with Gasteiger partial charge in [-0.2, -0.15) is 0 Å². The molecule has 1 heterocycles. The van der Waals surface area contributed by atoms with Crippen LogP contribution in [-0.4, -0.2) is 30.1 Å². The zero-order valence-corrected chi connectivity index (χ0v) is 19.3. The number of carbonyl (C=O) groups excluding carboxylic acids is 1. The molecular weight excluding hydrogens is 574 g/mol. The maximum atomic E-state index is 12.2. The van der Waals surface area contributed by atoms with Gasteiger partial charge in [-0.1, -0.05) is 18.2 Å². The molecule has 1 amide bonds. The third kappa shape index (κ3) is 4.61. The number of benzene rings is 2. The van der Waals surface area contributed by atoms with E-state index >= 15 is 0 Å². The molecule has 3 rings (SSSR count). The molecule has 2 aromatic rings. The molecule has 2 aromatic carbocycles. The summed E-state index contributed by atoms with van der Waals surface area (Å²) in [4.78, 5) is 18.6. The first-order chi connectivity index (χ1) is 12.5. The normalized spacial score (nSPS) is 17.4. The second-order valence-corrected chi connectivity index (χ2v) is 9.00. The van der Waals surface area contributed by atoms with Gasteiger partial charge < -0.3 is 4.74 Å². The number of carbonyl (C=O) groups is 1. The van der Waals surface area contributed by atoms with Crippen molar-refractivity contribution in [2.45, 2.75) is 6.61 Å². The summed E-state index contributed by atoms with van der Waals surface area (Å²) in [5, 5.41) is 0.716. The Morgan fingerprint density at radius 3 is 2.54 bits per heavy atom. The first-order valence-corrected chi connectivity index (χ1v) is 10.8. The number of amidine groups is 1. The fourth-order valence-corrected chi connectivity index (χ4v) is 4.35. The first kappa shape index (κ1) is 19.7. The zero-order chi connectivity index (χ0) is 18.7. The largest absolute Gasteiger partial charge is 0.488 e. The molecule has 0 N–H and O–H groups in total. The van der Waals surface area contributed by atoms with E-state index in [1.54, 1.807) is 19.0 Å². The Morgan fingerprint density at radius 2 is 1.92 bits per heavy atom. The highest BCUT2D eigenvalue weighted by molar-refractivity contribution is 14.1. The monoisotopic (exact) mass is 590 g/mol. The lowest BCUT2D eigenvalue weighted by molar-refractivity contribution is -0.121. The number of nitrogens with zero attached hydrogens (tertiary/aromatic N) is 2. The Hall–Kier alpha value is -1.07. The van der Waals surface area contributed by atoms with Crippen LogP contribution >= 0.6 is 56.9 Å². The lowest BCUT2D eigenvalue weighted by Gasteiger charge is -2.09. The van der Waals surface area contributed by atoms with Crippen molar-refractivity contribution in [3.05, 3.63) is 65.6 Å². The van der Waals surface area contributed by atoms with Crippen LogP contribution in [0.15, 0.2) is 52.4 Å². The number of thioether (sulfide) groups is 1. The summed E-state index contributed by atoms with van der Waals surface area (Å²) in [5.74, 6) is 0.814. The van der Waals surface area contributed by atoms with Crippen molar-refractivity contribution in [1.82, 2.24) is 4.90 Å². The highest BCUT2D eigenvalue weighted by atomic mass is 127. The molecule has 0 radical (unpaired) electrons. The molecule has 1 saturated heterocycles. The molecule has 0 bridgehead atoms. The Bertz CT molecular complexity index is 895. The van der Waals surface area contributed by atoms with Crippen LogP contribution in [0.4, 0.5) is 0 Å². The van der Waals surface area contributed by atoms with Gasteiger partial charge in [0.2, 0.25) is 0 Å². The second kappa shape index (κ2) is 8.75. The fraction of sp³-hybridized carbons (Fsp3) is 0.158. The zero-order valence-electron chi connectivity index (χ0n) is 14.2. The van der Waals surface area contributed by atoms with Crippen LogP contribution in [0.5, 0.6) is 5.75 Å². The quantitative estimate of drug-likeness (QED) is 0.372. The van der Waals surface area contributed by atoms with E-state index in [0.717, 1.165) is 20.4 Å². The van der Waals surface area contributed by atoms with Gasteiger partial charge in [-0.3, -0.25) is 14.7 Å². The van der Waals surface area contributed by atoms with Gasteiger partial charge in [0.25, 0.3) is 5.91 Å². The van der Waals surface area contributed by atoms with Gasteiger partial charge in [0.15, 0.2) is 5.17 Å². The Kier molecular flexibility index (Phi) is 6.62. The van der Waals surface area contributed by atoms with Crippen molar-refractivity contribution in [1.29, 1.82) is 0 Å². The minimum absolute atomic E-state index is 0.0235. The maximum absolute atomic E-state index is 12.2. The molecule has 4 nitrogen and oxygen atoms in total. The molecule has 1 fully saturated rings. The van der Waals surface area contributed by atoms with Crippen LogP contribution < -0.4 is 4.74 Å². The molecule has 1 aliphatic rings. The van der Waals surface area contributed by atoms with Crippen molar-refractivity contribution in [3.8, 4) is 5.75 Å². The summed E-state index contributed by atoms with van der Waals surface area (Å²) in [6.45, 7) is 0.531. The van der Waals surface area contributed by atoms with Crippen molar-refractivity contribution in [2.75, 3.05) is 14.1 Å². The molecular formula is C19H16I2N2O2S. The van der Waals surface area contributed by atoms with Gasteiger partial charge in [-0.05, 0) is 98.4 Å². The molecule has 0 atom stereocenters. The van der Waals surface area contributed by atoms with Gasteiger partial charge in [0, 0.05) is 17.7 Å². The average molecular weight is 590 g/mol. The molecule has 7 heteroatoms. The number of ether oxygens (including phenoxy) is 1. The predicted molar refractivity (Wildman–Crippen MR) is 124 cm³/mol. The highest BCUT2D eigenvalue weighted by Gasteiger charge is 2.29. The molecule has 0 saturated carbocycles. The summed E-state index contributed by atoms with van der Waals surface area (Å²) < 4.78 is 8.15. The molecule has 0 aliphatic carbocycles. The lowest BCUT2D eigenvalue weighted by atomic mass is 10.2. The molecule has 0 aromatic heterocycles. The Balaban J connectivity index is 1.72.